The average Bonchev–Trinajstić information content (AvgIpc) is 3.41. The summed E-state index contributed by atoms with van der Waals surface area (Å²) in [6.07, 6.45) is 3.03. The van der Waals surface area contributed by atoms with Gasteiger partial charge >= 0.3 is 0 Å². The van der Waals surface area contributed by atoms with Gasteiger partial charge in [-0.15, -0.1) is 0 Å². The monoisotopic (exact) mass is 651 g/mol. The Morgan fingerprint density at radius 2 is 1.95 bits per heavy atom. The van der Waals surface area contributed by atoms with E-state index >= 15 is 4.39 Å². The van der Waals surface area contributed by atoms with Crippen LogP contribution in [0.1, 0.15) is 32.2 Å². The van der Waals surface area contributed by atoms with E-state index < -0.39 is 5.82 Å². The molecule has 4 aromatic rings. The number of benzene rings is 2. The Labute approximate surface area is 269 Å². The standard InChI is InChI=1S/C32H29Cl3FN7O/c1-4-6-26(44)42-12-10-19(13-18(42)9-11-37)43-31-22-14-25(34)27(21-7-5-8-24(33)28(21)35)29(36)30(22)39-32(23(31)15-38-43)41-16-20(17-41)40(2)3/h5,7-8,14-15,18-20H,9-10,12-13,16-17H2,1-3H3/t18-,19+/m1/s1. The van der Waals surface area contributed by atoms with Gasteiger partial charge in [0.15, 0.2) is 5.82 Å². The summed E-state index contributed by atoms with van der Waals surface area (Å²) in [6, 6.07) is 8.80. The third kappa shape index (κ3) is 5.12. The van der Waals surface area contributed by atoms with Crippen LogP contribution in [0.15, 0.2) is 30.5 Å². The average molecular weight is 653 g/mol. The number of carbonyl (C=O) groups is 1. The molecule has 0 bridgehead atoms. The highest BCUT2D eigenvalue weighted by Gasteiger charge is 2.36. The van der Waals surface area contributed by atoms with Crippen LogP contribution in [-0.4, -0.2) is 76.3 Å². The maximum absolute atomic E-state index is 16.7. The molecule has 0 spiro atoms. The quantitative estimate of drug-likeness (QED) is 0.227. The summed E-state index contributed by atoms with van der Waals surface area (Å²) < 4.78 is 18.6. The van der Waals surface area contributed by atoms with E-state index in [1.165, 1.54) is 0 Å². The molecule has 12 heteroatoms. The summed E-state index contributed by atoms with van der Waals surface area (Å²) in [6.45, 7) is 3.50. The van der Waals surface area contributed by atoms with Crippen LogP contribution in [0.25, 0.3) is 32.9 Å². The predicted octanol–water partition coefficient (Wildman–Crippen LogP) is 6.57. The van der Waals surface area contributed by atoms with Gasteiger partial charge < -0.3 is 14.7 Å². The van der Waals surface area contributed by atoms with Crippen LogP contribution >= 0.6 is 34.8 Å². The van der Waals surface area contributed by atoms with Gasteiger partial charge in [-0.25, -0.2) is 9.37 Å². The van der Waals surface area contributed by atoms with E-state index in [4.69, 9.17) is 44.9 Å². The molecule has 0 aliphatic carbocycles. The lowest BCUT2D eigenvalue weighted by atomic mass is 9.94. The fourth-order valence-electron chi connectivity index (χ4n) is 6.27. The van der Waals surface area contributed by atoms with Crippen molar-refractivity contribution in [3.8, 4) is 29.0 Å². The molecular weight excluding hydrogens is 624 g/mol. The number of anilines is 1. The number of likely N-dealkylation sites (tertiary alicyclic amines) is 1. The molecule has 0 saturated carbocycles. The number of halogens is 4. The van der Waals surface area contributed by atoms with Crippen molar-refractivity contribution in [1.82, 2.24) is 24.6 Å². The summed E-state index contributed by atoms with van der Waals surface area (Å²) in [5, 5.41) is 16.3. The van der Waals surface area contributed by atoms with E-state index in [0.717, 1.165) is 18.5 Å². The van der Waals surface area contributed by atoms with Crippen molar-refractivity contribution in [2.45, 2.75) is 44.3 Å². The van der Waals surface area contributed by atoms with E-state index in [1.54, 1.807) is 42.3 Å². The fraction of sp³-hybridized carbons (Fsp3) is 0.375. The molecule has 0 radical (unpaired) electrons. The first-order chi connectivity index (χ1) is 21.1. The normalized spacial score (nSPS) is 18.8. The predicted molar refractivity (Wildman–Crippen MR) is 173 cm³/mol. The van der Waals surface area contributed by atoms with E-state index in [-0.39, 0.29) is 45.5 Å². The number of pyridine rings is 1. The Morgan fingerprint density at radius 3 is 2.66 bits per heavy atom. The first-order valence-electron chi connectivity index (χ1n) is 14.3. The Hall–Kier alpha value is -3.60. The summed E-state index contributed by atoms with van der Waals surface area (Å²) in [5.41, 5.74) is 1.36. The lowest BCUT2D eigenvalue weighted by Gasteiger charge is -2.43. The van der Waals surface area contributed by atoms with Gasteiger partial charge in [-0.3, -0.25) is 9.48 Å². The second-order valence-corrected chi connectivity index (χ2v) is 12.6. The number of rotatable bonds is 5. The lowest BCUT2D eigenvalue weighted by Crippen LogP contribution is -2.57. The molecule has 8 nitrogen and oxygen atoms in total. The van der Waals surface area contributed by atoms with Crippen molar-refractivity contribution in [3.05, 3.63) is 51.3 Å². The highest BCUT2D eigenvalue weighted by Crippen LogP contribution is 2.44. The fourth-order valence-corrected chi connectivity index (χ4v) is 6.96. The number of aromatic nitrogens is 3. The maximum atomic E-state index is 16.7. The minimum atomic E-state index is -0.599. The van der Waals surface area contributed by atoms with E-state index in [2.05, 4.69) is 27.7 Å². The van der Waals surface area contributed by atoms with Gasteiger partial charge in [0.1, 0.15) is 11.3 Å². The molecule has 226 valence electrons. The Bertz CT molecular complexity index is 1900. The van der Waals surface area contributed by atoms with Gasteiger partial charge in [-0.2, -0.15) is 10.4 Å². The van der Waals surface area contributed by atoms with Crippen LogP contribution in [0, 0.1) is 29.0 Å². The van der Waals surface area contributed by atoms with Gasteiger partial charge in [0.05, 0.1) is 50.7 Å². The van der Waals surface area contributed by atoms with Crippen LogP contribution in [0.4, 0.5) is 10.2 Å². The molecule has 0 unspecified atom stereocenters. The number of hydrogen-bond acceptors (Lipinski definition) is 6. The topological polar surface area (TPSA) is 81.3 Å². The molecule has 2 atom stereocenters. The Kier molecular flexibility index (Phi) is 8.34. The molecule has 2 aromatic heterocycles. The number of carbonyl (C=O) groups excluding carboxylic acids is 1. The second-order valence-electron chi connectivity index (χ2n) is 11.4. The van der Waals surface area contributed by atoms with Gasteiger partial charge in [0, 0.05) is 48.2 Å². The zero-order valence-corrected chi connectivity index (χ0v) is 26.7. The third-order valence-electron chi connectivity index (χ3n) is 8.67. The lowest BCUT2D eigenvalue weighted by molar-refractivity contribution is -0.129. The number of nitrogens with zero attached hydrogens (tertiary/aromatic N) is 7. The molecule has 2 fully saturated rings. The molecule has 2 aliphatic rings. The number of nitriles is 1. The van der Waals surface area contributed by atoms with E-state index in [9.17, 15) is 10.1 Å². The highest BCUT2D eigenvalue weighted by molar-refractivity contribution is 6.44. The van der Waals surface area contributed by atoms with E-state index in [1.807, 2.05) is 18.8 Å². The Morgan fingerprint density at radius 1 is 1.18 bits per heavy atom. The zero-order valence-electron chi connectivity index (χ0n) is 24.4. The smallest absolute Gasteiger partial charge is 0.298 e. The van der Waals surface area contributed by atoms with Crippen molar-refractivity contribution in [2.75, 3.05) is 38.6 Å². The zero-order chi connectivity index (χ0) is 31.3. The molecule has 44 heavy (non-hydrogen) atoms. The molecule has 1 amide bonds. The molecule has 6 rings (SSSR count). The largest absolute Gasteiger partial charge is 0.353 e. The van der Waals surface area contributed by atoms with Crippen molar-refractivity contribution < 1.29 is 9.18 Å². The van der Waals surface area contributed by atoms with Crippen molar-refractivity contribution in [1.29, 1.82) is 5.26 Å². The molecule has 2 aromatic carbocycles. The van der Waals surface area contributed by atoms with Crippen LogP contribution in [0.2, 0.25) is 15.1 Å². The number of fused-ring (bicyclic) bond motifs is 3. The number of piperidine rings is 1. The van der Waals surface area contributed by atoms with Crippen LogP contribution < -0.4 is 4.90 Å². The molecule has 2 saturated heterocycles. The van der Waals surface area contributed by atoms with Crippen LogP contribution in [0.3, 0.4) is 0 Å². The van der Waals surface area contributed by atoms with Gasteiger partial charge in [-0.05, 0) is 51.9 Å². The third-order valence-corrected chi connectivity index (χ3v) is 9.79. The SMILES string of the molecule is CC#CC(=O)N1CC[C@H](n2ncc3c(N4CC(N(C)C)C4)nc4c(F)c(-c5cccc(Cl)c5Cl)c(Cl)cc4c32)C[C@H]1CC#N. The summed E-state index contributed by atoms with van der Waals surface area (Å²) in [4.78, 5) is 23.5. The summed E-state index contributed by atoms with van der Waals surface area (Å²) in [5.74, 6) is 5.02. The number of amides is 1. The minimum absolute atomic E-state index is 0.128. The van der Waals surface area contributed by atoms with Gasteiger partial charge in [0.2, 0.25) is 0 Å². The van der Waals surface area contributed by atoms with Gasteiger partial charge in [-0.1, -0.05) is 52.9 Å². The summed E-state index contributed by atoms with van der Waals surface area (Å²) in [7, 11) is 4.07. The minimum Gasteiger partial charge on any atom is -0.353 e. The second kappa shape index (κ2) is 12.1. The first-order valence-corrected chi connectivity index (χ1v) is 15.4. The van der Waals surface area contributed by atoms with Crippen molar-refractivity contribution in [2.24, 2.45) is 0 Å². The van der Waals surface area contributed by atoms with Crippen LogP contribution in [-0.2, 0) is 4.79 Å². The van der Waals surface area contributed by atoms with Crippen molar-refractivity contribution in [3.63, 3.8) is 0 Å². The van der Waals surface area contributed by atoms with Gasteiger partial charge in [0.25, 0.3) is 5.91 Å². The molecular formula is C32H29Cl3FN7O. The van der Waals surface area contributed by atoms with Crippen molar-refractivity contribution >= 4 is 68.3 Å². The number of likely N-dealkylation sites (N-methyl/N-ethyl adjacent to an activating group) is 1. The van der Waals surface area contributed by atoms with Crippen LogP contribution in [0.5, 0.6) is 0 Å². The number of hydrogen-bond donors (Lipinski definition) is 0. The summed E-state index contributed by atoms with van der Waals surface area (Å²) >= 11 is 19.6. The molecule has 0 N–H and O–H groups in total. The highest BCUT2D eigenvalue weighted by atomic mass is 35.5. The first kappa shape index (κ1) is 30.4. The molecule has 4 heterocycles. The maximum Gasteiger partial charge on any atom is 0.298 e. The molecule has 2 aliphatic heterocycles. The Balaban J connectivity index is 1.53. The van der Waals surface area contributed by atoms with E-state index in [0.29, 0.717) is 52.7 Å².